The molecule has 0 atom stereocenters. The summed E-state index contributed by atoms with van der Waals surface area (Å²) in [4.78, 5) is 29.5. The fourth-order valence-corrected chi connectivity index (χ4v) is 5.39. The lowest BCUT2D eigenvalue weighted by molar-refractivity contribution is 0.0207. The van der Waals surface area contributed by atoms with Gasteiger partial charge in [-0.25, -0.2) is 9.97 Å². The van der Waals surface area contributed by atoms with Crippen LogP contribution in [0.1, 0.15) is 36.2 Å². The summed E-state index contributed by atoms with van der Waals surface area (Å²) in [5, 5.41) is 16.6. The molecule has 3 fully saturated rings. The first-order valence-electron chi connectivity index (χ1n) is 14.6. The number of aliphatic hydroxyl groups excluding tert-OH is 1. The van der Waals surface area contributed by atoms with Crippen molar-refractivity contribution in [3.63, 3.8) is 0 Å². The van der Waals surface area contributed by atoms with Crippen LogP contribution in [0.25, 0.3) is 0 Å². The molecule has 2 aromatic rings. The molecule has 218 valence electrons. The minimum atomic E-state index is -0.224. The molecule has 40 heavy (non-hydrogen) atoms. The average molecular weight is 554 g/mol. The van der Waals surface area contributed by atoms with Crippen molar-refractivity contribution in [3.05, 3.63) is 36.2 Å². The van der Waals surface area contributed by atoms with Crippen molar-refractivity contribution in [1.29, 1.82) is 0 Å². The van der Waals surface area contributed by atoms with Gasteiger partial charge in [0, 0.05) is 63.2 Å². The molecule has 0 radical (unpaired) electrons. The molecule has 11 heteroatoms. The van der Waals surface area contributed by atoms with Gasteiger partial charge in [-0.3, -0.25) is 9.69 Å². The smallest absolute Gasteiger partial charge is 0.210 e. The van der Waals surface area contributed by atoms with Crippen LogP contribution in [0.2, 0.25) is 0 Å². The number of benzene rings is 1. The van der Waals surface area contributed by atoms with E-state index in [0.717, 1.165) is 90.4 Å². The average Bonchev–Trinajstić information content (AvgIpc) is 2.98. The van der Waals surface area contributed by atoms with Crippen molar-refractivity contribution in [3.8, 4) is 0 Å². The van der Waals surface area contributed by atoms with Crippen molar-refractivity contribution in [2.45, 2.75) is 37.8 Å². The second-order valence-electron chi connectivity index (χ2n) is 11.0. The van der Waals surface area contributed by atoms with E-state index in [0.29, 0.717) is 18.2 Å². The number of ketones is 1. The molecule has 3 heterocycles. The fourth-order valence-electron chi connectivity index (χ4n) is 5.39. The number of hydrogen-bond acceptors (Lipinski definition) is 11. The second kappa shape index (κ2) is 14.2. The summed E-state index contributed by atoms with van der Waals surface area (Å²) in [5.41, 5.74) is 2.29. The predicted molar refractivity (Wildman–Crippen MR) is 156 cm³/mol. The summed E-state index contributed by atoms with van der Waals surface area (Å²) in [7, 11) is 2.15. The number of aliphatic hydroxyl groups is 1. The molecule has 1 aromatic heterocycles. The number of rotatable bonds is 11. The minimum Gasteiger partial charge on any atom is -0.393 e. The SMILES string of the molecule is CN1CCN(c2ccc(Nc3nc(NC4CCC(O)CC4)cnc3C(=O)COCCN3CCOCC3)cc2)CC1. The molecule has 0 unspecified atom stereocenters. The van der Waals surface area contributed by atoms with Crippen molar-refractivity contribution in [1.82, 2.24) is 19.8 Å². The van der Waals surface area contributed by atoms with Gasteiger partial charge in [0.1, 0.15) is 12.4 Å². The quantitative estimate of drug-likeness (QED) is 0.281. The third kappa shape index (κ3) is 8.11. The fraction of sp³-hybridized carbons (Fsp3) is 0.621. The molecule has 0 bridgehead atoms. The van der Waals surface area contributed by atoms with E-state index in [1.165, 1.54) is 5.69 Å². The Morgan fingerprint density at radius 3 is 2.50 bits per heavy atom. The molecular weight excluding hydrogens is 510 g/mol. The number of carbonyl (C=O) groups is 1. The molecule has 1 aromatic carbocycles. The van der Waals surface area contributed by atoms with E-state index in [1.54, 1.807) is 6.20 Å². The maximum absolute atomic E-state index is 13.2. The third-order valence-corrected chi connectivity index (χ3v) is 7.97. The van der Waals surface area contributed by atoms with Crippen LogP contribution in [0.15, 0.2) is 30.5 Å². The van der Waals surface area contributed by atoms with Crippen molar-refractivity contribution < 1.29 is 19.4 Å². The van der Waals surface area contributed by atoms with E-state index in [-0.39, 0.29) is 30.2 Å². The van der Waals surface area contributed by atoms with E-state index in [4.69, 9.17) is 14.5 Å². The van der Waals surface area contributed by atoms with E-state index >= 15 is 0 Å². The molecule has 2 saturated heterocycles. The summed E-state index contributed by atoms with van der Waals surface area (Å²) in [6.07, 6.45) is 4.68. The van der Waals surface area contributed by atoms with Crippen LogP contribution >= 0.6 is 0 Å². The standard InChI is InChI=1S/C29H43N7O4/c1-34-10-12-36(13-11-34)24-6-2-23(3-7-24)32-29-28(26(38)21-40-19-16-35-14-17-39-18-15-35)30-20-27(33-29)31-22-4-8-25(37)9-5-22/h2-3,6-7,20,22,25,37H,4-5,8-19,21H2,1H3,(H2,31,32,33). The number of ether oxygens (including phenoxy) is 2. The number of hydrogen-bond donors (Lipinski definition) is 3. The second-order valence-corrected chi connectivity index (χ2v) is 11.0. The van der Waals surface area contributed by atoms with E-state index in [1.807, 2.05) is 12.1 Å². The molecule has 0 spiro atoms. The first-order chi connectivity index (χ1) is 19.5. The van der Waals surface area contributed by atoms with Gasteiger partial charge in [0.2, 0.25) is 5.78 Å². The van der Waals surface area contributed by atoms with Crippen molar-refractivity contribution in [2.24, 2.45) is 0 Å². The Morgan fingerprint density at radius 2 is 1.77 bits per heavy atom. The molecular formula is C29H43N7O4. The Morgan fingerprint density at radius 1 is 1.05 bits per heavy atom. The molecule has 11 nitrogen and oxygen atoms in total. The van der Waals surface area contributed by atoms with Gasteiger partial charge >= 0.3 is 0 Å². The molecule has 5 rings (SSSR count). The zero-order valence-electron chi connectivity index (χ0n) is 23.6. The van der Waals surface area contributed by atoms with Crippen LogP contribution in [0, 0.1) is 0 Å². The lowest BCUT2D eigenvalue weighted by atomic mass is 9.93. The molecule has 3 N–H and O–H groups in total. The lowest BCUT2D eigenvalue weighted by Crippen LogP contribution is -2.44. The van der Waals surface area contributed by atoms with Gasteiger partial charge in [-0.15, -0.1) is 0 Å². The van der Waals surface area contributed by atoms with Crippen LogP contribution in [0.5, 0.6) is 0 Å². The predicted octanol–water partition coefficient (Wildman–Crippen LogP) is 2.22. The van der Waals surface area contributed by atoms with E-state index in [9.17, 15) is 9.90 Å². The highest BCUT2D eigenvalue weighted by atomic mass is 16.5. The summed E-state index contributed by atoms with van der Waals surface area (Å²) in [6, 6.07) is 8.47. The van der Waals surface area contributed by atoms with Gasteiger partial charge in [-0.1, -0.05) is 0 Å². The normalized spacial score (nSPS) is 22.7. The zero-order valence-corrected chi connectivity index (χ0v) is 23.6. The van der Waals surface area contributed by atoms with Crippen LogP contribution in [-0.4, -0.2) is 122 Å². The van der Waals surface area contributed by atoms with E-state index in [2.05, 4.69) is 49.5 Å². The topological polar surface area (TPSA) is 115 Å². The summed E-state index contributed by atoms with van der Waals surface area (Å²) in [6.45, 7) is 8.56. The zero-order chi connectivity index (χ0) is 27.7. The van der Waals surface area contributed by atoms with Crippen molar-refractivity contribution >= 4 is 28.8 Å². The number of carbonyl (C=O) groups excluding carboxylic acids is 1. The molecule has 1 saturated carbocycles. The number of nitrogens with zero attached hydrogens (tertiary/aromatic N) is 5. The highest BCUT2D eigenvalue weighted by molar-refractivity contribution is 6.00. The molecule has 0 amide bonds. The highest BCUT2D eigenvalue weighted by Crippen LogP contribution is 2.26. The van der Waals surface area contributed by atoms with Gasteiger partial charge in [0.25, 0.3) is 0 Å². The first kappa shape index (κ1) is 28.7. The monoisotopic (exact) mass is 553 g/mol. The summed E-state index contributed by atoms with van der Waals surface area (Å²) >= 11 is 0. The summed E-state index contributed by atoms with van der Waals surface area (Å²) < 4.78 is 11.1. The van der Waals surface area contributed by atoms with Crippen LogP contribution in [0.3, 0.4) is 0 Å². The van der Waals surface area contributed by atoms with Gasteiger partial charge in [0.05, 0.1) is 32.1 Å². The van der Waals surface area contributed by atoms with Gasteiger partial charge < -0.3 is 35.0 Å². The number of aromatic nitrogens is 2. The Bertz CT molecular complexity index is 1080. The largest absolute Gasteiger partial charge is 0.393 e. The maximum Gasteiger partial charge on any atom is 0.210 e. The Labute approximate surface area is 236 Å². The number of Topliss-reactive ketones (excluding diaryl/α,β-unsaturated/α-hetero) is 1. The number of anilines is 4. The maximum atomic E-state index is 13.2. The van der Waals surface area contributed by atoms with Gasteiger partial charge in [-0.2, -0.15) is 0 Å². The molecule has 1 aliphatic carbocycles. The lowest BCUT2D eigenvalue weighted by Gasteiger charge is -2.34. The number of piperazine rings is 1. The number of nitrogens with one attached hydrogen (secondary N) is 2. The van der Waals surface area contributed by atoms with E-state index < -0.39 is 0 Å². The van der Waals surface area contributed by atoms with Gasteiger partial charge in [0.15, 0.2) is 11.5 Å². The number of morpholine rings is 1. The summed E-state index contributed by atoms with van der Waals surface area (Å²) in [5.74, 6) is 0.816. The third-order valence-electron chi connectivity index (χ3n) is 7.97. The first-order valence-corrected chi connectivity index (χ1v) is 14.6. The highest BCUT2D eigenvalue weighted by Gasteiger charge is 2.22. The Balaban J connectivity index is 1.24. The molecule has 2 aliphatic heterocycles. The Kier molecular flexibility index (Phi) is 10.2. The Hall–Kier alpha value is -2.83. The van der Waals surface area contributed by atoms with Crippen molar-refractivity contribution in [2.75, 3.05) is 94.8 Å². The van der Waals surface area contributed by atoms with Crippen LogP contribution < -0.4 is 15.5 Å². The minimum absolute atomic E-state index is 0.0522. The van der Waals surface area contributed by atoms with Crippen LogP contribution in [0.4, 0.5) is 23.0 Å². The number of likely N-dealkylation sites (N-methyl/N-ethyl adjacent to an activating group) is 1. The van der Waals surface area contributed by atoms with Gasteiger partial charge in [-0.05, 0) is 57.0 Å². The molecule has 3 aliphatic rings. The van der Waals surface area contributed by atoms with Crippen LogP contribution in [-0.2, 0) is 9.47 Å².